The molecule has 1 saturated heterocycles. The van der Waals surface area contributed by atoms with Gasteiger partial charge in [0.25, 0.3) is 0 Å². The van der Waals surface area contributed by atoms with Crippen LogP contribution in [0.25, 0.3) is 0 Å². The third kappa shape index (κ3) is 5.86. The number of aromatic nitrogens is 1. The molecule has 0 aliphatic carbocycles. The summed E-state index contributed by atoms with van der Waals surface area (Å²) in [6.45, 7) is 6.14. The molecule has 1 aromatic heterocycles. The number of nitrogens with zero attached hydrogens (tertiary/aromatic N) is 4. The molecule has 27 heavy (non-hydrogen) atoms. The third-order valence-electron chi connectivity index (χ3n) is 4.39. The quantitative estimate of drug-likeness (QED) is 0.405. The zero-order chi connectivity index (χ0) is 18.5. The van der Waals surface area contributed by atoms with Gasteiger partial charge in [0, 0.05) is 57.9 Å². The van der Waals surface area contributed by atoms with Crippen LogP contribution in [-0.4, -0.2) is 54.1 Å². The summed E-state index contributed by atoms with van der Waals surface area (Å²) in [5.41, 5.74) is 1.21. The Hall–Kier alpha value is -1.75. The highest BCUT2D eigenvalue weighted by atomic mass is 127. The Morgan fingerprint density at radius 2 is 1.96 bits per heavy atom. The van der Waals surface area contributed by atoms with Gasteiger partial charge in [-0.3, -0.25) is 9.89 Å². The molecule has 6 nitrogen and oxygen atoms in total. The highest BCUT2D eigenvalue weighted by Gasteiger charge is 2.20. The van der Waals surface area contributed by atoms with Gasteiger partial charge in [-0.25, -0.2) is 8.78 Å². The van der Waals surface area contributed by atoms with E-state index >= 15 is 0 Å². The van der Waals surface area contributed by atoms with Crippen molar-refractivity contribution in [2.24, 2.45) is 4.99 Å². The van der Waals surface area contributed by atoms with Gasteiger partial charge in [0.2, 0.25) is 0 Å². The van der Waals surface area contributed by atoms with Gasteiger partial charge in [0.15, 0.2) is 5.96 Å². The van der Waals surface area contributed by atoms with E-state index in [0.29, 0.717) is 5.96 Å². The Balaban J connectivity index is 0.00000261. The highest BCUT2D eigenvalue weighted by Crippen LogP contribution is 2.11. The van der Waals surface area contributed by atoms with E-state index in [2.05, 4.69) is 25.3 Å². The van der Waals surface area contributed by atoms with Crippen LogP contribution in [-0.2, 0) is 13.1 Å². The monoisotopic (exact) mass is 491 g/mol. The van der Waals surface area contributed by atoms with Crippen molar-refractivity contribution in [1.82, 2.24) is 20.3 Å². The lowest BCUT2D eigenvalue weighted by Gasteiger charge is -2.36. The number of guanidine groups is 1. The van der Waals surface area contributed by atoms with Crippen molar-refractivity contribution in [2.75, 3.05) is 33.2 Å². The molecular weight excluding hydrogens is 467 g/mol. The van der Waals surface area contributed by atoms with Crippen molar-refractivity contribution in [1.29, 1.82) is 0 Å². The fraction of sp³-hybridized carbons (Fsp3) is 0.444. The average molecular weight is 491 g/mol. The van der Waals surface area contributed by atoms with E-state index in [9.17, 15) is 8.78 Å². The Morgan fingerprint density at radius 1 is 1.22 bits per heavy atom. The van der Waals surface area contributed by atoms with Gasteiger partial charge < -0.3 is 14.7 Å². The zero-order valence-electron chi connectivity index (χ0n) is 15.4. The van der Waals surface area contributed by atoms with Gasteiger partial charge in [-0.2, -0.15) is 0 Å². The van der Waals surface area contributed by atoms with Crippen LogP contribution in [0.5, 0.6) is 0 Å². The lowest BCUT2D eigenvalue weighted by Crippen LogP contribution is -2.52. The van der Waals surface area contributed by atoms with E-state index in [1.54, 1.807) is 7.05 Å². The number of hydrogen-bond donors (Lipinski definition) is 1. The van der Waals surface area contributed by atoms with Crippen LogP contribution in [0, 0.1) is 18.6 Å². The lowest BCUT2D eigenvalue weighted by atomic mass is 10.2. The lowest BCUT2D eigenvalue weighted by molar-refractivity contribution is 0.169. The molecule has 0 atom stereocenters. The summed E-state index contributed by atoms with van der Waals surface area (Å²) < 4.78 is 32.1. The van der Waals surface area contributed by atoms with E-state index in [1.165, 1.54) is 6.07 Å². The maximum absolute atomic E-state index is 13.7. The van der Waals surface area contributed by atoms with Crippen LogP contribution in [0.15, 0.2) is 33.8 Å². The van der Waals surface area contributed by atoms with Crippen LogP contribution in [0.2, 0.25) is 0 Å². The molecule has 0 unspecified atom stereocenters. The first kappa shape index (κ1) is 21.5. The van der Waals surface area contributed by atoms with Gasteiger partial charge in [-0.05, 0) is 25.1 Å². The van der Waals surface area contributed by atoms with Crippen molar-refractivity contribution in [3.8, 4) is 0 Å². The Labute approximate surface area is 174 Å². The van der Waals surface area contributed by atoms with E-state index in [0.717, 1.165) is 56.3 Å². The first-order chi connectivity index (χ1) is 12.5. The van der Waals surface area contributed by atoms with Crippen molar-refractivity contribution < 1.29 is 13.3 Å². The van der Waals surface area contributed by atoms with Gasteiger partial charge in [-0.1, -0.05) is 5.16 Å². The molecule has 1 aromatic carbocycles. The molecule has 3 rings (SSSR count). The third-order valence-corrected chi connectivity index (χ3v) is 4.39. The first-order valence-electron chi connectivity index (χ1n) is 8.59. The summed E-state index contributed by atoms with van der Waals surface area (Å²) in [5.74, 6) is 0.621. The standard InChI is InChI=1S/C18H23F2N5O.HI/c1-13-9-16(23-26-13)12-24-5-7-25(8-6-24)18(21-2)22-11-14-10-15(19)3-4-17(14)20;/h3-4,9-10H,5-8,11-12H2,1-2H3,(H,21,22);1H. The Bertz CT molecular complexity index is 775. The second-order valence-corrected chi connectivity index (χ2v) is 6.33. The summed E-state index contributed by atoms with van der Waals surface area (Å²) in [7, 11) is 1.69. The molecule has 1 aliphatic rings. The minimum Gasteiger partial charge on any atom is -0.361 e. The summed E-state index contributed by atoms with van der Waals surface area (Å²) in [6.07, 6.45) is 0. The number of halogens is 3. The normalized spacial score (nSPS) is 15.6. The molecule has 0 bridgehead atoms. The van der Waals surface area contributed by atoms with Crippen LogP contribution in [0.3, 0.4) is 0 Å². The molecule has 1 N–H and O–H groups in total. The summed E-state index contributed by atoms with van der Waals surface area (Å²) >= 11 is 0. The molecule has 2 heterocycles. The Morgan fingerprint density at radius 3 is 2.59 bits per heavy atom. The summed E-state index contributed by atoms with van der Waals surface area (Å²) in [4.78, 5) is 8.67. The molecule has 0 radical (unpaired) electrons. The molecule has 0 amide bonds. The minimum atomic E-state index is -0.449. The fourth-order valence-corrected chi connectivity index (χ4v) is 3.02. The van der Waals surface area contributed by atoms with Crippen LogP contribution >= 0.6 is 24.0 Å². The number of aliphatic imine (C=N–C) groups is 1. The first-order valence-corrected chi connectivity index (χ1v) is 8.59. The van der Waals surface area contributed by atoms with Crippen molar-refractivity contribution in [3.05, 3.63) is 52.9 Å². The largest absolute Gasteiger partial charge is 0.361 e. The van der Waals surface area contributed by atoms with Gasteiger partial charge in [0.05, 0.1) is 5.69 Å². The molecule has 1 aliphatic heterocycles. The summed E-state index contributed by atoms with van der Waals surface area (Å²) in [5, 5.41) is 7.14. The molecule has 0 spiro atoms. The van der Waals surface area contributed by atoms with Crippen LogP contribution in [0.1, 0.15) is 17.0 Å². The second kappa shape index (κ2) is 9.98. The average Bonchev–Trinajstić information content (AvgIpc) is 3.04. The Kier molecular flexibility index (Phi) is 7.96. The van der Waals surface area contributed by atoms with Gasteiger partial charge in [0.1, 0.15) is 17.4 Å². The van der Waals surface area contributed by atoms with Crippen LogP contribution < -0.4 is 5.32 Å². The second-order valence-electron chi connectivity index (χ2n) is 6.33. The van der Waals surface area contributed by atoms with Crippen molar-refractivity contribution in [3.63, 3.8) is 0 Å². The molecule has 9 heteroatoms. The smallest absolute Gasteiger partial charge is 0.194 e. The fourth-order valence-electron chi connectivity index (χ4n) is 3.02. The number of benzene rings is 1. The summed E-state index contributed by atoms with van der Waals surface area (Å²) in [6, 6.07) is 5.40. The maximum atomic E-state index is 13.7. The molecule has 148 valence electrons. The molecular formula is C18H24F2IN5O. The maximum Gasteiger partial charge on any atom is 0.194 e. The van der Waals surface area contributed by atoms with Crippen LogP contribution in [0.4, 0.5) is 8.78 Å². The number of nitrogens with one attached hydrogen (secondary N) is 1. The predicted molar refractivity (Wildman–Crippen MR) is 110 cm³/mol. The topological polar surface area (TPSA) is 56.9 Å². The predicted octanol–water partition coefficient (Wildman–Crippen LogP) is 2.77. The number of rotatable bonds is 4. The number of piperazine rings is 1. The number of hydrogen-bond acceptors (Lipinski definition) is 4. The number of aryl methyl sites for hydroxylation is 1. The van der Waals surface area contributed by atoms with E-state index < -0.39 is 11.6 Å². The molecule has 1 fully saturated rings. The highest BCUT2D eigenvalue weighted by molar-refractivity contribution is 14.0. The van der Waals surface area contributed by atoms with Gasteiger partial charge >= 0.3 is 0 Å². The van der Waals surface area contributed by atoms with Crippen molar-refractivity contribution >= 4 is 29.9 Å². The molecule has 0 saturated carbocycles. The van der Waals surface area contributed by atoms with Gasteiger partial charge in [-0.15, -0.1) is 24.0 Å². The van der Waals surface area contributed by atoms with E-state index in [1.807, 2.05) is 13.0 Å². The SMILES string of the molecule is CN=C(NCc1cc(F)ccc1F)N1CCN(Cc2cc(C)on2)CC1.I. The van der Waals surface area contributed by atoms with Crippen molar-refractivity contribution in [2.45, 2.75) is 20.0 Å². The van der Waals surface area contributed by atoms with E-state index in [-0.39, 0.29) is 36.1 Å². The van der Waals surface area contributed by atoms with E-state index in [4.69, 9.17) is 4.52 Å². The minimum absolute atomic E-state index is 0. The molecule has 2 aromatic rings. The zero-order valence-corrected chi connectivity index (χ0v) is 17.7.